The summed E-state index contributed by atoms with van der Waals surface area (Å²) in [6, 6.07) is 13.9. The number of carboxylic acid groups (broad SMARTS) is 1. The van der Waals surface area contributed by atoms with E-state index >= 15 is 0 Å². The molecular weight excluding hydrogens is 421 g/mol. The highest BCUT2D eigenvalue weighted by Crippen LogP contribution is 2.32. The molecule has 0 saturated carbocycles. The molecule has 0 saturated heterocycles. The van der Waals surface area contributed by atoms with Crippen LogP contribution in [-0.4, -0.2) is 17.7 Å². The molecule has 2 aromatic carbocycles. The molecule has 0 spiro atoms. The van der Waals surface area contributed by atoms with Crippen LogP contribution in [-0.2, 0) is 23.8 Å². The molecule has 0 radical (unpaired) electrons. The van der Waals surface area contributed by atoms with Crippen molar-refractivity contribution in [2.24, 2.45) is 0 Å². The second kappa shape index (κ2) is 9.94. The summed E-state index contributed by atoms with van der Waals surface area (Å²) in [6.45, 7) is 4.03. The van der Waals surface area contributed by atoms with Crippen molar-refractivity contribution in [1.29, 1.82) is 0 Å². The van der Waals surface area contributed by atoms with Crippen molar-refractivity contribution in [2.75, 3.05) is 6.61 Å². The molecule has 1 unspecified atom stereocenters. The van der Waals surface area contributed by atoms with E-state index in [4.69, 9.17) is 14.3 Å². The summed E-state index contributed by atoms with van der Waals surface area (Å²) >= 11 is 0. The summed E-state index contributed by atoms with van der Waals surface area (Å²) in [6.07, 6.45) is -2.30. The van der Waals surface area contributed by atoms with Gasteiger partial charge in [-0.25, -0.2) is 0 Å². The number of benzene rings is 2. The molecule has 0 aliphatic rings. The summed E-state index contributed by atoms with van der Waals surface area (Å²) in [5.74, 6) is 0.459. The fraction of sp³-hybridized carbons (Fsp3) is 0.320. The van der Waals surface area contributed by atoms with Gasteiger partial charge in [-0.3, -0.25) is 4.79 Å². The maximum atomic E-state index is 12.8. The molecule has 1 aromatic heterocycles. The predicted molar refractivity (Wildman–Crippen MR) is 115 cm³/mol. The van der Waals surface area contributed by atoms with Crippen LogP contribution < -0.4 is 4.74 Å². The SMILES string of the molecule is CCc1oc(-c2ccc(C(F)(F)F)cc2)cc1CCCOc1cccc(C(C)C(=O)O)c1. The summed E-state index contributed by atoms with van der Waals surface area (Å²) in [5.41, 5.74) is 1.58. The first-order valence-electron chi connectivity index (χ1n) is 10.4. The molecule has 0 amide bonds. The number of ether oxygens (including phenoxy) is 1. The largest absolute Gasteiger partial charge is 0.494 e. The molecule has 4 nitrogen and oxygen atoms in total. The van der Waals surface area contributed by atoms with Crippen molar-refractivity contribution in [1.82, 2.24) is 0 Å². The molecule has 32 heavy (non-hydrogen) atoms. The van der Waals surface area contributed by atoms with Gasteiger partial charge in [-0.05, 0) is 61.2 Å². The number of aliphatic carboxylic acids is 1. The second-order valence-electron chi connectivity index (χ2n) is 7.57. The minimum Gasteiger partial charge on any atom is -0.494 e. The Balaban J connectivity index is 1.61. The molecule has 170 valence electrons. The van der Waals surface area contributed by atoms with Gasteiger partial charge in [-0.15, -0.1) is 0 Å². The molecular formula is C25H25F3O4. The van der Waals surface area contributed by atoms with Crippen molar-refractivity contribution >= 4 is 5.97 Å². The van der Waals surface area contributed by atoms with Crippen LogP contribution in [0.5, 0.6) is 5.75 Å². The summed E-state index contributed by atoms with van der Waals surface area (Å²) in [7, 11) is 0. The number of halogens is 3. The van der Waals surface area contributed by atoms with Crippen molar-refractivity contribution in [3.8, 4) is 17.1 Å². The maximum Gasteiger partial charge on any atom is 0.416 e. The second-order valence-corrected chi connectivity index (χ2v) is 7.57. The highest BCUT2D eigenvalue weighted by Gasteiger charge is 2.30. The van der Waals surface area contributed by atoms with E-state index in [1.165, 1.54) is 12.1 Å². The van der Waals surface area contributed by atoms with Crippen molar-refractivity contribution in [2.45, 2.75) is 45.2 Å². The lowest BCUT2D eigenvalue weighted by atomic mass is 10.0. The zero-order chi connectivity index (χ0) is 23.3. The standard InChI is InChI=1S/C25H25F3O4/c1-3-22-19(15-23(32-22)17-9-11-20(12-10-17)25(26,27)28)7-5-13-31-21-8-4-6-18(14-21)16(2)24(29)30/h4,6,8-12,14-16H,3,5,7,13H2,1-2H3,(H,29,30). The Labute approximate surface area is 184 Å². The van der Waals surface area contributed by atoms with Gasteiger partial charge in [0.2, 0.25) is 0 Å². The van der Waals surface area contributed by atoms with Gasteiger partial charge in [0.05, 0.1) is 18.1 Å². The van der Waals surface area contributed by atoms with Gasteiger partial charge in [-0.2, -0.15) is 13.2 Å². The third-order valence-electron chi connectivity index (χ3n) is 5.30. The Morgan fingerprint density at radius 2 is 1.84 bits per heavy atom. The van der Waals surface area contributed by atoms with E-state index in [0.29, 0.717) is 48.5 Å². The van der Waals surface area contributed by atoms with E-state index in [-0.39, 0.29) is 0 Å². The topological polar surface area (TPSA) is 59.7 Å². The predicted octanol–water partition coefficient (Wildman–Crippen LogP) is 6.73. The molecule has 1 atom stereocenters. The fourth-order valence-corrected chi connectivity index (χ4v) is 3.41. The highest BCUT2D eigenvalue weighted by molar-refractivity contribution is 5.75. The van der Waals surface area contributed by atoms with Gasteiger partial charge >= 0.3 is 12.1 Å². The molecule has 3 aromatic rings. The van der Waals surface area contributed by atoms with Crippen molar-refractivity contribution in [3.63, 3.8) is 0 Å². The van der Waals surface area contributed by atoms with Crippen LogP contribution in [0.25, 0.3) is 11.3 Å². The summed E-state index contributed by atoms with van der Waals surface area (Å²) in [5, 5.41) is 9.15. The van der Waals surface area contributed by atoms with Crippen LogP contribution in [0.15, 0.2) is 59.0 Å². The molecule has 7 heteroatoms. The van der Waals surface area contributed by atoms with E-state index in [9.17, 15) is 18.0 Å². The van der Waals surface area contributed by atoms with Gasteiger partial charge in [0, 0.05) is 12.0 Å². The van der Waals surface area contributed by atoms with E-state index in [1.807, 2.05) is 13.0 Å². The lowest BCUT2D eigenvalue weighted by molar-refractivity contribution is -0.138. The van der Waals surface area contributed by atoms with E-state index in [2.05, 4.69) is 0 Å². The van der Waals surface area contributed by atoms with Crippen LogP contribution >= 0.6 is 0 Å². The third-order valence-corrected chi connectivity index (χ3v) is 5.30. The molecule has 0 aliphatic heterocycles. The van der Waals surface area contributed by atoms with Crippen LogP contribution in [0.2, 0.25) is 0 Å². The van der Waals surface area contributed by atoms with Gasteiger partial charge in [0.25, 0.3) is 0 Å². The Kier molecular flexibility index (Phi) is 7.28. The zero-order valence-electron chi connectivity index (χ0n) is 17.9. The summed E-state index contributed by atoms with van der Waals surface area (Å²) in [4.78, 5) is 11.2. The first-order valence-corrected chi connectivity index (χ1v) is 10.4. The fourth-order valence-electron chi connectivity index (χ4n) is 3.41. The lowest BCUT2D eigenvalue weighted by Gasteiger charge is -2.10. The zero-order valence-corrected chi connectivity index (χ0v) is 17.9. The number of aryl methyl sites for hydroxylation is 2. The van der Waals surface area contributed by atoms with Crippen LogP contribution in [0.4, 0.5) is 13.2 Å². The normalized spacial score (nSPS) is 12.5. The monoisotopic (exact) mass is 446 g/mol. The Morgan fingerprint density at radius 3 is 2.47 bits per heavy atom. The molecule has 3 rings (SSSR count). The maximum absolute atomic E-state index is 12.8. The average Bonchev–Trinajstić information content (AvgIpc) is 3.19. The van der Waals surface area contributed by atoms with E-state index in [0.717, 1.165) is 23.5 Å². The van der Waals surface area contributed by atoms with Gasteiger partial charge < -0.3 is 14.3 Å². The van der Waals surface area contributed by atoms with Crippen LogP contribution in [0, 0.1) is 0 Å². The number of carbonyl (C=O) groups is 1. The first-order chi connectivity index (χ1) is 15.2. The smallest absolute Gasteiger partial charge is 0.416 e. The Hall–Kier alpha value is -3.22. The average molecular weight is 446 g/mol. The molecule has 0 bridgehead atoms. The van der Waals surface area contributed by atoms with Gasteiger partial charge in [0.1, 0.15) is 17.3 Å². The van der Waals surface area contributed by atoms with Crippen LogP contribution in [0.1, 0.15) is 48.6 Å². The lowest BCUT2D eigenvalue weighted by Crippen LogP contribution is -2.07. The Bertz CT molecular complexity index is 1050. The minimum atomic E-state index is -4.37. The number of rotatable bonds is 9. The quantitative estimate of drug-likeness (QED) is 0.370. The van der Waals surface area contributed by atoms with Gasteiger partial charge in [-0.1, -0.05) is 31.2 Å². The molecule has 1 N–H and O–H groups in total. The van der Waals surface area contributed by atoms with E-state index in [1.54, 1.807) is 31.2 Å². The van der Waals surface area contributed by atoms with Crippen molar-refractivity contribution < 1.29 is 32.2 Å². The number of furan rings is 1. The summed E-state index contributed by atoms with van der Waals surface area (Å²) < 4.78 is 50.0. The van der Waals surface area contributed by atoms with Crippen molar-refractivity contribution in [3.05, 3.63) is 77.0 Å². The molecule has 0 fully saturated rings. The highest BCUT2D eigenvalue weighted by atomic mass is 19.4. The Morgan fingerprint density at radius 1 is 1.12 bits per heavy atom. The van der Waals surface area contributed by atoms with Gasteiger partial charge in [0.15, 0.2) is 0 Å². The third kappa shape index (κ3) is 5.72. The molecule has 0 aliphatic carbocycles. The number of hydrogen-bond donors (Lipinski definition) is 1. The molecule has 1 heterocycles. The van der Waals surface area contributed by atoms with E-state index < -0.39 is 23.6 Å². The number of hydrogen-bond acceptors (Lipinski definition) is 3. The van der Waals surface area contributed by atoms with Crippen LogP contribution in [0.3, 0.4) is 0 Å². The number of alkyl halides is 3. The minimum absolute atomic E-state index is 0.439. The number of carboxylic acids is 1. The first kappa shape index (κ1) is 23.4.